The van der Waals surface area contributed by atoms with Crippen LogP contribution in [0.25, 0.3) is 0 Å². The number of rotatable bonds is 8. The standard InChI is InChI=1S/C22H24N4O2/c1-16-14-20(21(27)24-15-18-8-10-19(28-2)11-9-18)26-22(25-16)23-13-12-17-6-4-3-5-7-17/h3-11,14H,12-13,15H2,1-2H3,(H,24,27)(H,23,25,26). The summed E-state index contributed by atoms with van der Waals surface area (Å²) >= 11 is 0. The molecule has 0 spiro atoms. The van der Waals surface area contributed by atoms with Crippen molar-refractivity contribution in [3.05, 3.63) is 83.2 Å². The van der Waals surface area contributed by atoms with Crippen LogP contribution in [0.2, 0.25) is 0 Å². The lowest BCUT2D eigenvalue weighted by Gasteiger charge is -2.09. The van der Waals surface area contributed by atoms with E-state index in [0.29, 0.717) is 24.7 Å². The molecule has 0 fully saturated rings. The van der Waals surface area contributed by atoms with E-state index < -0.39 is 0 Å². The maximum absolute atomic E-state index is 12.5. The zero-order valence-corrected chi connectivity index (χ0v) is 16.1. The van der Waals surface area contributed by atoms with Gasteiger partial charge in [-0.15, -0.1) is 0 Å². The number of carbonyl (C=O) groups excluding carboxylic acids is 1. The van der Waals surface area contributed by atoms with Gasteiger partial charge in [-0.1, -0.05) is 42.5 Å². The number of aryl methyl sites for hydroxylation is 1. The van der Waals surface area contributed by atoms with Crippen molar-refractivity contribution >= 4 is 11.9 Å². The van der Waals surface area contributed by atoms with Crippen LogP contribution in [0.15, 0.2) is 60.7 Å². The average Bonchev–Trinajstić information content (AvgIpc) is 2.73. The molecular formula is C22H24N4O2. The van der Waals surface area contributed by atoms with E-state index in [0.717, 1.165) is 23.4 Å². The molecule has 2 N–H and O–H groups in total. The fourth-order valence-corrected chi connectivity index (χ4v) is 2.74. The Kier molecular flexibility index (Phi) is 6.57. The van der Waals surface area contributed by atoms with Gasteiger partial charge in [-0.3, -0.25) is 4.79 Å². The Morgan fingerprint density at radius 2 is 1.75 bits per heavy atom. The molecule has 0 aliphatic heterocycles. The summed E-state index contributed by atoms with van der Waals surface area (Å²) in [5.41, 5.74) is 3.32. The number of methoxy groups -OCH3 is 1. The van der Waals surface area contributed by atoms with Gasteiger partial charge in [0.1, 0.15) is 11.4 Å². The lowest BCUT2D eigenvalue weighted by Crippen LogP contribution is -2.24. The Morgan fingerprint density at radius 1 is 1.00 bits per heavy atom. The molecule has 0 atom stereocenters. The minimum atomic E-state index is -0.229. The van der Waals surface area contributed by atoms with Crippen LogP contribution in [0.3, 0.4) is 0 Å². The van der Waals surface area contributed by atoms with Gasteiger partial charge in [-0.05, 0) is 42.7 Å². The van der Waals surface area contributed by atoms with Crippen molar-refractivity contribution in [1.82, 2.24) is 15.3 Å². The predicted molar refractivity (Wildman–Crippen MR) is 110 cm³/mol. The first kappa shape index (κ1) is 19.4. The third-order valence-electron chi connectivity index (χ3n) is 4.24. The average molecular weight is 376 g/mol. The van der Waals surface area contributed by atoms with E-state index in [1.165, 1.54) is 5.56 Å². The fourth-order valence-electron chi connectivity index (χ4n) is 2.74. The molecule has 1 aromatic heterocycles. The SMILES string of the molecule is COc1ccc(CNC(=O)c2cc(C)nc(NCCc3ccccc3)n2)cc1. The third-order valence-corrected chi connectivity index (χ3v) is 4.24. The molecular weight excluding hydrogens is 352 g/mol. The summed E-state index contributed by atoms with van der Waals surface area (Å²) in [6, 6.07) is 19.4. The van der Waals surface area contributed by atoms with E-state index in [9.17, 15) is 4.79 Å². The molecule has 6 nitrogen and oxygen atoms in total. The van der Waals surface area contributed by atoms with Crippen molar-refractivity contribution in [2.24, 2.45) is 0 Å². The molecule has 0 saturated heterocycles. The molecule has 0 radical (unpaired) electrons. The van der Waals surface area contributed by atoms with Crippen molar-refractivity contribution in [3.8, 4) is 5.75 Å². The van der Waals surface area contributed by atoms with E-state index in [1.807, 2.05) is 49.4 Å². The summed E-state index contributed by atoms with van der Waals surface area (Å²) in [6.45, 7) is 2.97. The van der Waals surface area contributed by atoms with Crippen LogP contribution in [0, 0.1) is 6.92 Å². The van der Waals surface area contributed by atoms with Crippen molar-refractivity contribution in [1.29, 1.82) is 0 Å². The maximum Gasteiger partial charge on any atom is 0.270 e. The number of carbonyl (C=O) groups is 1. The summed E-state index contributed by atoms with van der Waals surface area (Å²) in [6.07, 6.45) is 0.858. The van der Waals surface area contributed by atoms with E-state index in [-0.39, 0.29) is 5.91 Å². The molecule has 6 heteroatoms. The Hall–Kier alpha value is -3.41. The van der Waals surface area contributed by atoms with E-state index in [1.54, 1.807) is 13.2 Å². The van der Waals surface area contributed by atoms with Gasteiger partial charge < -0.3 is 15.4 Å². The summed E-state index contributed by atoms with van der Waals surface area (Å²) in [7, 11) is 1.62. The van der Waals surface area contributed by atoms with Crippen molar-refractivity contribution in [2.45, 2.75) is 19.9 Å². The Morgan fingerprint density at radius 3 is 2.46 bits per heavy atom. The Bertz CT molecular complexity index is 912. The van der Waals surface area contributed by atoms with Crippen LogP contribution >= 0.6 is 0 Å². The molecule has 3 aromatic rings. The van der Waals surface area contributed by atoms with Crippen LogP contribution < -0.4 is 15.4 Å². The molecule has 0 bridgehead atoms. The quantitative estimate of drug-likeness (QED) is 0.630. The number of hydrogen-bond donors (Lipinski definition) is 2. The largest absolute Gasteiger partial charge is 0.497 e. The van der Waals surface area contributed by atoms with Gasteiger partial charge in [0.25, 0.3) is 5.91 Å². The van der Waals surface area contributed by atoms with E-state index in [4.69, 9.17) is 4.74 Å². The van der Waals surface area contributed by atoms with E-state index in [2.05, 4.69) is 32.7 Å². The summed E-state index contributed by atoms with van der Waals surface area (Å²) in [4.78, 5) is 21.2. The predicted octanol–water partition coefficient (Wildman–Crippen LogP) is 3.38. The van der Waals surface area contributed by atoms with Crippen LogP contribution in [0.4, 0.5) is 5.95 Å². The highest BCUT2D eigenvalue weighted by molar-refractivity contribution is 5.92. The zero-order valence-electron chi connectivity index (χ0n) is 16.1. The van der Waals surface area contributed by atoms with Crippen LogP contribution in [-0.2, 0) is 13.0 Å². The van der Waals surface area contributed by atoms with Gasteiger partial charge in [-0.25, -0.2) is 9.97 Å². The summed E-state index contributed by atoms with van der Waals surface area (Å²) < 4.78 is 5.14. The Labute approximate surface area is 165 Å². The van der Waals surface area contributed by atoms with Gasteiger partial charge >= 0.3 is 0 Å². The second-order valence-electron chi connectivity index (χ2n) is 6.41. The molecule has 28 heavy (non-hydrogen) atoms. The molecule has 3 rings (SSSR count). The number of nitrogens with one attached hydrogen (secondary N) is 2. The first-order valence-electron chi connectivity index (χ1n) is 9.18. The number of nitrogens with zero attached hydrogens (tertiary/aromatic N) is 2. The summed E-state index contributed by atoms with van der Waals surface area (Å²) in [5, 5.41) is 6.09. The third kappa shape index (κ3) is 5.54. The lowest BCUT2D eigenvalue weighted by atomic mass is 10.1. The minimum absolute atomic E-state index is 0.229. The number of hydrogen-bond acceptors (Lipinski definition) is 5. The van der Waals surface area contributed by atoms with Gasteiger partial charge in [0.05, 0.1) is 7.11 Å². The second kappa shape index (κ2) is 9.50. The first-order chi connectivity index (χ1) is 13.6. The van der Waals surface area contributed by atoms with E-state index >= 15 is 0 Å². The number of anilines is 1. The highest BCUT2D eigenvalue weighted by Gasteiger charge is 2.10. The second-order valence-corrected chi connectivity index (χ2v) is 6.41. The molecule has 0 unspecified atom stereocenters. The first-order valence-corrected chi connectivity index (χ1v) is 9.18. The maximum atomic E-state index is 12.5. The summed E-state index contributed by atoms with van der Waals surface area (Å²) in [5.74, 6) is 1.02. The molecule has 0 saturated carbocycles. The van der Waals surface area contributed by atoms with Crippen molar-refractivity contribution in [2.75, 3.05) is 19.0 Å². The van der Waals surface area contributed by atoms with Gasteiger partial charge in [0.2, 0.25) is 5.95 Å². The smallest absolute Gasteiger partial charge is 0.270 e. The fraction of sp³-hybridized carbons (Fsp3) is 0.227. The zero-order chi connectivity index (χ0) is 19.8. The molecule has 1 heterocycles. The molecule has 0 aliphatic rings. The highest BCUT2D eigenvalue weighted by Crippen LogP contribution is 2.11. The Balaban J connectivity index is 1.57. The topological polar surface area (TPSA) is 76.1 Å². The number of ether oxygens (including phenoxy) is 1. The molecule has 144 valence electrons. The van der Waals surface area contributed by atoms with Gasteiger partial charge in [-0.2, -0.15) is 0 Å². The monoisotopic (exact) mass is 376 g/mol. The molecule has 0 aliphatic carbocycles. The van der Waals surface area contributed by atoms with Gasteiger partial charge in [0.15, 0.2) is 0 Å². The van der Waals surface area contributed by atoms with Crippen LogP contribution in [0.1, 0.15) is 27.3 Å². The number of amides is 1. The lowest BCUT2D eigenvalue weighted by molar-refractivity contribution is 0.0945. The molecule has 2 aromatic carbocycles. The van der Waals surface area contributed by atoms with Crippen LogP contribution in [-0.4, -0.2) is 29.5 Å². The minimum Gasteiger partial charge on any atom is -0.497 e. The van der Waals surface area contributed by atoms with Gasteiger partial charge in [0, 0.05) is 18.8 Å². The number of benzene rings is 2. The normalized spacial score (nSPS) is 10.4. The van der Waals surface area contributed by atoms with Crippen molar-refractivity contribution in [3.63, 3.8) is 0 Å². The van der Waals surface area contributed by atoms with Crippen LogP contribution in [0.5, 0.6) is 5.75 Å². The van der Waals surface area contributed by atoms with Crippen molar-refractivity contribution < 1.29 is 9.53 Å². The number of aromatic nitrogens is 2. The highest BCUT2D eigenvalue weighted by atomic mass is 16.5. The molecule has 1 amide bonds.